The van der Waals surface area contributed by atoms with Crippen LogP contribution in [0.25, 0.3) is 0 Å². The molecular weight excluding hydrogens is 521 g/mol. The Morgan fingerprint density at radius 1 is 1.06 bits per heavy atom. The van der Waals surface area contributed by atoms with Gasteiger partial charge in [-0.25, -0.2) is 8.42 Å². The number of rotatable bonds is 10. The maximum absolute atomic E-state index is 13.8. The molecule has 10 heteroatoms. The largest absolute Gasteiger partial charge is 0.352 e. The van der Waals surface area contributed by atoms with Crippen molar-refractivity contribution in [3.05, 3.63) is 63.6 Å². The fourth-order valence-corrected chi connectivity index (χ4v) is 5.83. The van der Waals surface area contributed by atoms with E-state index < -0.39 is 28.5 Å². The number of carbonyl (C=O) groups excluding carboxylic acids is 2. The van der Waals surface area contributed by atoms with E-state index in [0.717, 1.165) is 41.8 Å². The van der Waals surface area contributed by atoms with Gasteiger partial charge in [0.15, 0.2) is 0 Å². The molecule has 3 rings (SSSR count). The summed E-state index contributed by atoms with van der Waals surface area (Å²) in [6.45, 7) is 3.28. The van der Waals surface area contributed by atoms with Crippen LogP contribution >= 0.6 is 23.2 Å². The average Bonchev–Trinajstić information content (AvgIpc) is 3.31. The van der Waals surface area contributed by atoms with Gasteiger partial charge in [0, 0.05) is 22.6 Å². The fourth-order valence-electron chi connectivity index (χ4n) is 4.57. The van der Waals surface area contributed by atoms with Crippen molar-refractivity contribution in [2.75, 3.05) is 17.1 Å². The molecule has 2 aromatic rings. The molecule has 1 aliphatic rings. The van der Waals surface area contributed by atoms with E-state index in [1.165, 1.54) is 4.90 Å². The molecule has 1 atom stereocenters. The molecule has 0 bridgehead atoms. The minimum atomic E-state index is -3.81. The Bertz CT molecular complexity index is 1180. The summed E-state index contributed by atoms with van der Waals surface area (Å²) in [6.07, 6.45) is 5.42. The van der Waals surface area contributed by atoms with Crippen molar-refractivity contribution in [1.29, 1.82) is 0 Å². The predicted molar refractivity (Wildman–Crippen MR) is 145 cm³/mol. The third kappa shape index (κ3) is 7.37. The van der Waals surface area contributed by atoms with E-state index >= 15 is 0 Å². The molecule has 2 amide bonds. The van der Waals surface area contributed by atoms with Gasteiger partial charge in [-0.2, -0.15) is 0 Å². The van der Waals surface area contributed by atoms with Crippen molar-refractivity contribution in [1.82, 2.24) is 10.2 Å². The van der Waals surface area contributed by atoms with Gasteiger partial charge >= 0.3 is 0 Å². The molecule has 196 valence electrons. The molecule has 1 N–H and O–H groups in total. The van der Waals surface area contributed by atoms with Crippen LogP contribution in [0.15, 0.2) is 42.5 Å². The molecule has 0 spiro atoms. The zero-order valence-electron chi connectivity index (χ0n) is 20.8. The van der Waals surface area contributed by atoms with E-state index in [1.807, 2.05) is 6.92 Å². The van der Waals surface area contributed by atoms with Crippen LogP contribution in [0.1, 0.15) is 50.2 Å². The number of aryl methyl sites for hydroxylation is 1. The minimum absolute atomic E-state index is 0.100. The Morgan fingerprint density at radius 3 is 2.22 bits per heavy atom. The standard InChI is InChI=1S/C26H33Cl2N3O4S/c1-4-23(26(33)29-22-7-5-6-8-22)30(16-19-9-11-20(27)12-10-19)25(32)17-31(36(3,34)35)24-14-13-21(28)15-18(24)2/h9-15,22-23H,4-8,16-17H2,1-3H3,(H,29,33). The first-order valence-electron chi connectivity index (χ1n) is 12.1. The van der Waals surface area contributed by atoms with Crippen LogP contribution in [0, 0.1) is 6.92 Å². The molecule has 0 radical (unpaired) electrons. The Morgan fingerprint density at radius 2 is 1.67 bits per heavy atom. The first kappa shape index (κ1) is 28.3. The van der Waals surface area contributed by atoms with E-state index in [4.69, 9.17) is 23.2 Å². The second-order valence-electron chi connectivity index (χ2n) is 9.26. The number of nitrogens with one attached hydrogen (secondary N) is 1. The minimum Gasteiger partial charge on any atom is -0.352 e. The summed E-state index contributed by atoms with van der Waals surface area (Å²) in [5, 5.41) is 4.12. The first-order chi connectivity index (χ1) is 17.0. The number of nitrogens with zero attached hydrogens (tertiary/aromatic N) is 2. The third-order valence-corrected chi connectivity index (χ3v) is 8.07. The molecule has 2 aromatic carbocycles. The van der Waals surface area contributed by atoms with Gasteiger partial charge in [0.25, 0.3) is 0 Å². The van der Waals surface area contributed by atoms with Crippen LogP contribution in [0.2, 0.25) is 10.0 Å². The number of hydrogen-bond acceptors (Lipinski definition) is 4. The highest BCUT2D eigenvalue weighted by Crippen LogP contribution is 2.26. The van der Waals surface area contributed by atoms with Gasteiger partial charge in [-0.1, -0.05) is 55.1 Å². The van der Waals surface area contributed by atoms with Crippen molar-refractivity contribution in [3.8, 4) is 0 Å². The summed E-state index contributed by atoms with van der Waals surface area (Å²) in [5.41, 5.74) is 1.77. The van der Waals surface area contributed by atoms with E-state index in [0.29, 0.717) is 27.7 Å². The summed E-state index contributed by atoms with van der Waals surface area (Å²) in [4.78, 5) is 28.5. The van der Waals surface area contributed by atoms with Crippen LogP contribution in [0.5, 0.6) is 0 Å². The zero-order chi connectivity index (χ0) is 26.5. The van der Waals surface area contributed by atoms with Gasteiger partial charge in [0.2, 0.25) is 21.8 Å². The van der Waals surface area contributed by atoms with E-state index in [1.54, 1.807) is 49.4 Å². The maximum Gasteiger partial charge on any atom is 0.244 e. The zero-order valence-corrected chi connectivity index (χ0v) is 23.2. The number of halogens is 2. The molecule has 0 aliphatic heterocycles. The molecule has 1 saturated carbocycles. The lowest BCUT2D eigenvalue weighted by atomic mass is 10.1. The quantitative estimate of drug-likeness (QED) is 0.451. The predicted octanol–water partition coefficient (Wildman–Crippen LogP) is 4.93. The number of carbonyl (C=O) groups is 2. The van der Waals surface area contributed by atoms with Crippen LogP contribution in [0.4, 0.5) is 5.69 Å². The van der Waals surface area contributed by atoms with Crippen LogP contribution in [0.3, 0.4) is 0 Å². The van der Waals surface area contributed by atoms with E-state index in [-0.39, 0.29) is 18.5 Å². The molecule has 1 unspecified atom stereocenters. The topological polar surface area (TPSA) is 86.8 Å². The third-order valence-electron chi connectivity index (χ3n) is 6.46. The van der Waals surface area contributed by atoms with Crippen LogP contribution < -0.4 is 9.62 Å². The fraction of sp³-hybridized carbons (Fsp3) is 0.462. The van der Waals surface area contributed by atoms with Crippen molar-refractivity contribution in [2.24, 2.45) is 0 Å². The summed E-state index contributed by atoms with van der Waals surface area (Å²) in [7, 11) is -3.81. The monoisotopic (exact) mass is 553 g/mol. The molecule has 0 saturated heterocycles. The highest BCUT2D eigenvalue weighted by atomic mass is 35.5. The van der Waals surface area contributed by atoms with Gasteiger partial charge in [0.1, 0.15) is 12.6 Å². The van der Waals surface area contributed by atoms with Gasteiger partial charge in [-0.05, 0) is 67.6 Å². The molecule has 0 aromatic heterocycles. The first-order valence-corrected chi connectivity index (χ1v) is 14.7. The Kier molecular flexibility index (Phi) is 9.66. The highest BCUT2D eigenvalue weighted by Gasteiger charge is 2.33. The Hall–Kier alpha value is -2.29. The molecular formula is C26H33Cl2N3O4S. The molecule has 1 fully saturated rings. The Labute approximate surface area is 223 Å². The Balaban J connectivity index is 1.93. The number of amides is 2. The lowest BCUT2D eigenvalue weighted by molar-refractivity contribution is -0.140. The van der Waals surface area contributed by atoms with Crippen molar-refractivity contribution < 1.29 is 18.0 Å². The summed E-state index contributed by atoms with van der Waals surface area (Å²) in [5.74, 6) is -0.696. The highest BCUT2D eigenvalue weighted by molar-refractivity contribution is 7.92. The molecule has 1 aliphatic carbocycles. The summed E-state index contributed by atoms with van der Waals surface area (Å²) < 4.78 is 26.6. The lowest BCUT2D eigenvalue weighted by Crippen LogP contribution is -2.53. The summed E-state index contributed by atoms with van der Waals surface area (Å²) >= 11 is 12.1. The number of anilines is 1. The van der Waals surface area contributed by atoms with Crippen molar-refractivity contribution in [2.45, 2.75) is 64.6 Å². The SMILES string of the molecule is CCC(C(=O)NC1CCCC1)N(Cc1ccc(Cl)cc1)C(=O)CN(c1ccc(Cl)cc1C)S(C)(=O)=O. The smallest absolute Gasteiger partial charge is 0.244 e. The van der Waals surface area contributed by atoms with E-state index in [9.17, 15) is 18.0 Å². The second-order valence-corrected chi connectivity index (χ2v) is 12.0. The normalized spacial score (nSPS) is 14.9. The second kappa shape index (κ2) is 12.3. The van der Waals surface area contributed by atoms with Crippen LogP contribution in [-0.2, 0) is 26.2 Å². The van der Waals surface area contributed by atoms with E-state index in [2.05, 4.69) is 5.32 Å². The van der Waals surface area contributed by atoms with Crippen molar-refractivity contribution >= 4 is 50.7 Å². The number of benzene rings is 2. The number of sulfonamides is 1. The summed E-state index contributed by atoms with van der Waals surface area (Å²) in [6, 6.07) is 11.2. The van der Waals surface area contributed by atoms with Crippen molar-refractivity contribution in [3.63, 3.8) is 0 Å². The number of hydrogen-bond donors (Lipinski definition) is 1. The average molecular weight is 555 g/mol. The maximum atomic E-state index is 13.8. The lowest BCUT2D eigenvalue weighted by Gasteiger charge is -2.33. The van der Waals surface area contributed by atoms with Crippen LogP contribution in [-0.4, -0.2) is 50.0 Å². The van der Waals surface area contributed by atoms with Gasteiger partial charge in [-0.15, -0.1) is 0 Å². The molecule has 0 heterocycles. The molecule has 36 heavy (non-hydrogen) atoms. The molecule has 7 nitrogen and oxygen atoms in total. The van der Waals surface area contributed by atoms with Gasteiger partial charge in [-0.3, -0.25) is 13.9 Å². The van der Waals surface area contributed by atoms with Gasteiger partial charge < -0.3 is 10.2 Å². The van der Waals surface area contributed by atoms with Gasteiger partial charge in [0.05, 0.1) is 11.9 Å².